The third-order valence-electron chi connectivity index (χ3n) is 5.43. The molecule has 0 heterocycles. The Balaban J connectivity index is 1.90. The summed E-state index contributed by atoms with van der Waals surface area (Å²) in [7, 11) is 0. The molecule has 3 aromatic rings. The minimum Gasteiger partial charge on any atom is -0.444 e. The van der Waals surface area contributed by atoms with Crippen molar-refractivity contribution in [2.24, 2.45) is 0 Å². The Hall–Kier alpha value is -4.31. The lowest BCUT2D eigenvalue weighted by Crippen LogP contribution is -2.44. The zero-order valence-electron chi connectivity index (χ0n) is 21.2. The zero-order chi connectivity index (χ0) is 26.5. The second-order valence-corrected chi connectivity index (χ2v) is 9.56. The van der Waals surface area contributed by atoms with E-state index in [0.717, 1.165) is 26.8 Å². The lowest BCUT2D eigenvalue weighted by Gasteiger charge is -2.28. The molecule has 36 heavy (non-hydrogen) atoms. The molecular formula is C29H31N3O4. The van der Waals surface area contributed by atoms with Gasteiger partial charge >= 0.3 is 6.09 Å². The van der Waals surface area contributed by atoms with Crippen LogP contribution in [0.3, 0.4) is 0 Å². The fourth-order valence-corrected chi connectivity index (χ4v) is 3.85. The molecule has 7 heteroatoms. The number of amides is 3. The predicted molar refractivity (Wildman–Crippen MR) is 141 cm³/mol. The molecular weight excluding hydrogens is 454 g/mol. The highest BCUT2D eigenvalue weighted by atomic mass is 16.6. The summed E-state index contributed by atoms with van der Waals surface area (Å²) in [5.74, 6) is -1.09. The minimum atomic E-state index is -1.12. The van der Waals surface area contributed by atoms with Gasteiger partial charge in [0.25, 0.3) is 11.8 Å². The molecule has 0 spiro atoms. The lowest BCUT2D eigenvalue weighted by atomic mass is 9.97. The van der Waals surface area contributed by atoms with Gasteiger partial charge in [0.2, 0.25) is 0 Å². The molecule has 7 nitrogen and oxygen atoms in total. The number of nitrogens with one attached hydrogen (secondary N) is 2. The molecule has 0 aliphatic heterocycles. The number of rotatable bonds is 6. The normalized spacial score (nSPS) is 11.8. The van der Waals surface area contributed by atoms with Gasteiger partial charge in [0.1, 0.15) is 18.2 Å². The highest BCUT2D eigenvalue weighted by Crippen LogP contribution is 2.27. The number of aryl methyl sites for hydroxylation is 2. The van der Waals surface area contributed by atoms with Crippen LogP contribution in [0.25, 0.3) is 10.8 Å². The number of nitrogens with zero attached hydrogens (tertiary/aromatic N) is 1. The molecule has 2 N–H and O–H groups in total. The quantitative estimate of drug-likeness (QED) is 0.377. The average molecular weight is 486 g/mol. The molecule has 3 aromatic carbocycles. The van der Waals surface area contributed by atoms with E-state index in [1.165, 1.54) is 0 Å². The Bertz CT molecular complexity index is 1330. The number of carbonyl (C=O) groups is 3. The summed E-state index contributed by atoms with van der Waals surface area (Å²) >= 11 is 0. The van der Waals surface area contributed by atoms with Crippen LogP contribution < -0.4 is 10.6 Å². The monoisotopic (exact) mass is 485 g/mol. The molecule has 0 saturated carbocycles. The molecule has 1 unspecified atom stereocenters. The van der Waals surface area contributed by atoms with E-state index in [2.05, 4.69) is 16.7 Å². The van der Waals surface area contributed by atoms with Crippen LogP contribution in [-0.2, 0) is 14.3 Å². The Labute approximate surface area is 211 Å². The smallest absolute Gasteiger partial charge is 0.408 e. The van der Waals surface area contributed by atoms with Crippen molar-refractivity contribution in [3.8, 4) is 12.5 Å². The molecule has 0 saturated heterocycles. The molecule has 0 aliphatic carbocycles. The van der Waals surface area contributed by atoms with Gasteiger partial charge < -0.3 is 15.4 Å². The predicted octanol–water partition coefficient (Wildman–Crippen LogP) is 5.08. The van der Waals surface area contributed by atoms with Gasteiger partial charge in [0.05, 0.1) is 0 Å². The van der Waals surface area contributed by atoms with Crippen molar-refractivity contribution >= 4 is 34.4 Å². The topological polar surface area (TPSA) is 87.7 Å². The first-order valence-electron chi connectivity index (χ1n) is 11.6. The molecule has 3 rings (SSSR count). The van der Waals surface area contributed by atoms with Crippen molar-refractivity contribution in [3.63, 3.8) is 0 Å². The van der Waals surface area contributed by atoms with Gasteiger partial charge in [-0.1, -0.05) is 60.5 Å². The van der Waals surface area contributed by atoms with E-state index in [0.29, 0.717) is 11.3 Å². The summed E-state index contributed by atoms with van der Waals surface area (Å²) in [6.07, 6.45) is 4.98. The van der Waals surface area contributed by atoms with E-state index < -0.39 is 36.1 Å². The summed E-state index contributed by atoms with van der Waals surface area (Å²) < 4.78 is 5.19. The summed E-state index contributed by atoms with van der Waals surface area (Å²) in [4.78, 5) is 39.8. The molecule has 0 fully saturated rings. The van der Waals surface area contributed by atoms with Crippen LogP contribution in [0.4, 0.5) is 10.5 Å². The lowest BCUT2D eigenvalue weighted by molar-refractivity contribution is -0.134. The van der Waals surface area contributed by atoms with Gasteiger partial charge in [0, 0.05) is 11.7 Å². The third kappa shape index (κ3) is 6.63. The summed E-state index contributed by atoms with van der Waals surface area (Å²) in [5, 5.41) is 7.31. The second kappa shape index (κ2) is 11.0. The van der Waals surface area contributed by atoms with Gasteiger partial charge in [-0.15, -0.1) is 0 Å². The summed E-state index contributed by atoms with van der Waals surface area (Å²) in [5.41, 5.74) is 2.25. The SMILES string of the molecule is C#CN(C(=O)CNC(=O)OC(C)(C)C)C(C(=O)Nc1ccc2ccccc2c1)c1ccc(C)cc1C. The number of anilines is 1. The Morgan fingerprint density at radius 1 is 1.00 bits per heavy atom. The molecule has 0 radical (unpaired) electrons. The van der Waals surface area contributed by atoms with Crippen LogP contribution in [0.2, 0.25) is 0 Å². The van der Waals surface area contributed by atoms with E-state index in [-0.39, 0.29) is 0 Å². The summed E-state index contributed by atoms with van der Waals surface area (Å²) in [6.45, 7) is 8.52. The van der Waals surface area contributed by atoms with Crippen molar-refractivity contribution < 1.29 is 19.1 Å². The first kappa shape index (κ1) is 26.3. The van der Waals surface area contributed by atoms with Crippen LogP contribution in [0, 0.1) is 26.3 Å². The zero-order valence-corrected chi connectivity index (χ0v) is 21.2. The highest BCUT2D eigenvalue weighted by molar-refractivity contribution is 6.00. The maximum Gasteiger partial charge on any atom is 0.408 e. The number of fused-ring (bicyclic) bond motifs is 1. The van der Waals surface area contributed by atoms with Crippen LogP contribution in [0.1, 0.15) is 43.5 Å². The molecule has 0 bridgehead atoms. The fourth-order valence-electron chi connectivity index (χ4n) is 3.85. The van der Waals surface area contributed by atoms with E-state index >= 15 is 0 Å². The number of carbonyl (C=O) groups excluding carboxylic acids is 3. The highest BCUT2D eigenvalue weighted by Gasteiger charge is 2.32. The van der Waals surface area contributed by atoms with Crippen LogP contribution >= 0.6 is 0 Å². The fraction of sp³-hybridized carbons (Fsp3) is 0.276. The first-order valence-corrected chi connectivity index (χ1v) is 11.6. The third-order valence-corrected chi connectivity index (χ3v) is 5.43. The van der Waals surface area contributed by atoms with E-state index in [9.17, 15) is 14.4 Å². The number of terminal acetylenes is 1. The molecule has 3 amide bonds. The Morgan fingerprint density at radius 3 is 2.33 bits per heavy atom. The second-order valence-electron chi connectivity index (χ2n) is 9.56. The molecule has 0 aromatic heterocycles. The number of benzene rings is 3. The maximum absolute atomic E-state index is 13.6. The van der Waals surface area contributed by atoms with Gasteiger partial charge in [0.15, 0.2) is 0 Å². The number of ether oxygens (including phenoxy) is 1. The molecule has 186 valence electrons. The number of alkyl carbamates (subject to hydrolysis) is 1. The van der Waals surface area contributed by atoms with Crippen LogP contribution in [0.5, 0.6) is 0 Å². The number of hydrogen-bond acceptors (Lipinski definition) is 4. The largest absolute Gasteiger partial charge is 0.444 e. The molecule has 1 atom stereocenters. The average Bonchev–Trinajstić information content (AvgIpc) is 2.80. The van der Waals surface area contributed by atoms with E-state index in [4.69, 9.17) is 11.2 Å². The number of hydrogen-bond donors (Lipinski definition) is 2. The summed E-state index contributed by atoms with van der Waals surface area (Å²) in [6, 6.07) is 20.2. The van der Waals surface area contributed by atoms with Gasteiger partial charge in [-0.2, -0.15) is 0 Å². The van der Waals surface area contributed by atoms with Gasteiger partial charge in [-0.3, -0.25) is 14.5 Å². The van der Waals surface area contributed by atoms with Crippen molar-refractivity contribution in [1.82, 2.24) is 10.2 Å². The standard InChI is InChI=1S/C29H31N3O4/c1-7-32(25(33)18-30-28(35)36-29(4,5)6)26(24-15-12-19(2)16-20(24)3)27(34)31-23-14-13-21-10-8-9-11-22(21)17-23/h1,8-17,26H,18H2,2-6H3,(H,30,35)(H,31,34). The first-order chi connectivity index (χ1) is 17.0. The van der Waals surface area contributed by atoms with E-state index in [1.807, 2.05) is 62.4 Å². The van der Waals surface area contributed by atoms with Crippen molar-refractivity contribution in [2.45, 2.75) is 46.3 Å². The van der Waals surface area contributed by atoms with Gasteiger partial charge in [-0.25, -0.2) is 4.79 Å². The maximum atomic E-state index is 13.6. The van der Waals surface area contributed by atoms with Crippen LogP contribution in [0.15, 0.2) is 60.7 Å². The van der Waals surface area contributed by atoms with Gasteiger partial charge in [-0.05, 0) is 68.7 Å². The molecule has 0 aliphatic rings. The van der Waals surface area contributed by atoms with Crippen molar-refractivity contribution in [3.05, 3.63) is 77.4 Å². The van der Waals surface area contributed by atoms with Crippen LogP contribution in [-0.4, -0.2) is 35.0 Å². The van der Waals surface area contributed by atoms with E-state index in [1.54, 1.807) is 32.9 Å². The minimum absolute atomic E-state index is 0.427. The Morgan fingerprint density at radius 2 is 1.69 bits per heavy atom. The van der Waals surface area contributed by atoms with Crippen molar-refractivity contribution in [1.29, 1.82) is 0 Å². The Kier molecular flexibility index (Phi) is 8.00. The van der Waals surface area contributed by atoms with Crippen molar-refractivity contribution in [2.75, 3.05) is 11.9 Å².